The van der Waals surface area contributed by atoms with Gasteiger partial charge in [0.25, 0.3) is 0 Å². The molecule has 3 nitrogen and oxygen atoms in total. The van der Waals surface area contributed by atoms with Crippen LogP contribution in [0.4, 0.5) is 0 Å². The average Bonchev–Trinajstić information content (AvgIpc) is 3.11. The molecule has 1 atom stereocenters. The molecule has 0 radical (unpaired) electrons. The second-order valence-corrected chi connectivity index (χ2v) is 6.88. The summed E-state index contributed by atoms with van der Waals surface area (Å²) in [4.78, 5) is 6.29. The fourth-order valence-electron chi connectivity index (χ4n) is 2.36. The standard InChI is InChI=1S/C15H26N2OS/c1-5-18-14(11-6-7-11)15-17-12(8-10(2)3)13(19-15)9-16-4/h10-11,14,16H,5-9H2,1-4H3. The average molecular weight is 282 g/mol. The van der Waals surface area contributed by atoms with Crippen molar-refractivity contribution in [1.82, 2.24) is 10.3 Å². The number of hydrogen-bond donors (Lipinski definition) is 1. The van der Waals surface area contributed by atoms with Gasteiger partial charge >= 0.3 is 0 Å². The Hall–Kier alpha value is -0.450. The number of aromatic nitrogens is 1. The molecule has 0 saturated heterocycles. The van der Waals surface area contributed by atoms with Crippen LogP contribution in [0.1, 0.15) is 55.3 Å². The first-order valence-corrected chi connectivity index (χ1v) is 8.22. The fraction of sp³-hybridized carbons (Fsp3) is 0.800. The molecule has 0 bridgehead atoms. The van der Waals surface area contributed by atoms with Gasteiger partial charge in [-0.1, -0.05) is 13.8 Å². The van der Waals surface area contributed by atoms with Crippen LogP contribution in [0.5, 0.6) is 0 Å². The maximum atomic E-state index is 5.93. The summed E-state index contributed by atoms with van der Waals surface area (Å²) < 4.78 is 5.93. The lowest BCUT2D eigenvalue weighted by atomic mass is 10.1. The SMILES string of the molecule is CCOC(c1nc(CC(C)C)c(CNC)s1)C1CC1. The molecular weight excluding hydrogens is 256 g/mol. The molecule has 1 fully saturated rings. The summed E-state index contributed by atoms with van der Waals surface area (Å²) in [5.74, 6) is 1.36. The van der Waals surface area contributed by atoms with E-state index >= 15 is 0 Å². The molecule has 1 aliphatic rings. The number of rotatable bonds is 8. The highest BCUT2D eigenvalue weighted by atomic mass is 32.1. The van der Waals surface area contributed by atoms with Crippen molar-refractivity contribution in [2.24, 2.45) is 11.8 Å². The number of hydrogen-bond acceptors (Lipinski definition) is 4. The second-order valence-electron chi connectivity index (χ2n) is 5.76. The molecular formula is C15H26N2OS. The Morgan fingerprint density at radius 3 is 2.68 bits per heavy atom. The quantitative estimate of drug-likeness (QED) is 0.792. The summed E-state index contributed by atoms with van der Waals surface area (Å²) >= 11 is 1.84. The Morgan fingerprint density at radius 2 is 2.16 bits per heavy atom. The van der Waals surface area contributed by atoms with Crippen molar-refractivity contribution in [3.63, 3.8) is 0 Å². The summed E-state index contributed by atoms with van der Waals surface area (Å²) in [5, 5.41) is 4.46. The molecule has 0 spiro atoms. The molecule has 0 aromatic carbocycles. The van der Waals surface area contributed by atoms with Crippen LogP contribution in [0.2, 0.25) is 0 Å². The van der Waals surface area contributed by atoms with Gasteiger partial charge in [-0.2, -0.15) is 0 Å². The van der Waals surface area contributed by atoms with Crippen molar-refractivity contribution in [1.29, 1.82) is 0 Å². The van der Waals surface area contributed by atoms with Crippen LogP contribution in [0.15, 0.2) is 0 Å². The van der Waals surface area contributed by atoms with Crippen molar-refractivity contribution < 1.29 is 4.74 Å². The van der Waals surface area contributed by atoms with Crippen LogP contribution in [0.25, 0.3) is 0 Å². The zero-order valence-corrected chi connectivity index (χ0v) is 13.3. The normalized spacial score (nSPS) is 17.1. The van der Waals surface area contributed by atoms with Crippen molar-refractivity contribution in [2.45, 2.75) is 52.7 Å². The lowest BCUT2D eigenvalue weighted by molar-refractivity contribution is 0.0461. The summed E-state index contributed by atoms with van der Waals surface area (Å²) in [7, 11) is 2.00. The summed E-state index contributed by atoms with van der Waals surface area (Å²) in [6.07, 6.45) is 3.90. The fourth-order valence-corrected chi connectivity index (χ4v) is 3.61. The molecule has 108 valence electrons. The molecule has 1 N–H and O–H groups in total. The van der Waals surface area contributed by atoms with E-state index in [1.165, 1.54) is 28.4 Å². The molecule has 1 aliphatic carbocycles. The van der Waals surface area contributed by atoms with E-state index in [4.69, 9.17) is 9.72 Å². The Bertz CT molecular complexity index is 399. The van der Waals surface area contributed by atoms with Gasteiger partial charge in [-0.3, -0.25) is 0 Å². The molecule has 0 amide bonds. The van der Waals surface area contributed by atoms with Gasteiger partial charge in [-0.25, -0.2) is 4.98 Å². The van der Waals surface area contributed by atoms with E-state index in [0.29, 0.717) is 11.8 Å². The molecule has 1 aromatic rings. The summed E-state index contributed by atoms with van der Waals surface area (Å²) in [6.45, 7) is 8.28. The van der Waals surface area contributed by atoms with Crippen LogP contribution >= 0.6 is 11.3 Å². The highest BCUT2D eigenvalue weighted by Crippen LogP contribution is 2.44. The first-order chi connectivity index (χ1) is 9.15. The molecule has 19 heavy (non-hydrogen) atoms. The minimum Gasteiger partial charge on any atom is -0.371 e. The smallest absolute Gasteiger partial charge is 0.122 e. The monoisotopic (exact) mass is 282 g/mol. The van der Waals surface area contributed by atoms with Gasteiger partial charge in [0.2, 0.25) is 0 Å². The van der Waals surface area contributed by atoms with Crippen molar-refractivity contribution in [2.75, 3.05) is 13.7 Å². The van der Waals surface area contributed by atoms with E-state index in [0.717, 1.165) is 19.6 Å². The van der Waals surface area contributed by atoms with Crippen LogP contribution in [-0.2, 0) is 17.7 Å². The molecule has 0 aliphatic heterocycles. The number of ether oxygens (including phenoxy) is 1. The molecule has 1 heterocycles. The highest BCUT2D eigenvalue weighted by molar-refractivity contribution is 7.11. The van der Waals surface area contributed by atoms with Crippen LogP contribution in [0.3, 0.4) is 0 Å². The summed E-state index contributed by atoms with van der Waals surface area (Å²) in [5.41, 5.74) is 1.27. The topological polar surface area (TPSA) is 34.1 Å². The lowest BCUT2D eigenvalue weighted by Gasteiger charge is -2.12. The predicted octanol–water partition coefficient (Wildman–Crippen LogP) is 3.55. The molecule has 1 saturated carbocycles. The second kappa shape index (κ2) is 6.82. The minimum absolute atomic E-state index is 0.242. The molecule has 2 rings (SSSR count). The van der Waals surface area contributed by atoms with Gasteiger partial charge < -0.3 is 10.1 Å². The van der Waals surface area contributed by atoms with E-state index < -0.39 is 0 Å². The predicted molar refractivity (Wildman–Crippen MR) is 80.5 cm³/mol. The van der Waals surface area contributed by atoms with E-state index in [-0.39, 0.29) is 6.10 Å². The van der Waals surface area contributed by atoms with Crippen LogP contribution in [-0.4, -0.2) is 18.6 Å². The maximum Gasteiger partial charge on any atom is 0.122 e. The van der Waals surface area contributed by atoms with Crippen molar-refractivity contribution >= 4 is 11.3 Å². The van der Waals surface area contributed by atoms with Crippen molar-refractivity contribution in [3.05, 3.63) is 15.6 Å². The van der Waals surface area contributed by atoms with Gasteiger partial charge in [-0.05, 0) is 45.1 Å². The first kappa shape index (κ1) is 14.9. The number of nitrogens with zero attached hydrogens (tertiary/aromatic N) is 1. The van der Waals surface area contributed by atoms with E-state index in [1.807, 2.05) is 18.4 Å². The largest absolute Gasteiger partial charge is 0.371 e. The number of thiazole rings is 1. The van der Waals surface area contributed by atoms with Crippen LogP contribution < -0.4 is 5.32 Å². The Balaban J connectivity index is 2.19. The minimum atomic E-state index is 0.242. The third kappa shape index (κ3) is 4.01. The zero-order chi connectivity index (χ0) is 13.8. The van der Waals surface area contributed by atoms with Crippen molar-refractivity contribution in [3.8, 4) is 0 Å². The zero-order valence-electron chi connectivity index (χ0n) is 12.5. The highest BCUT2D eigenvalue weighted by Gasteiger charge is 2.35. The van der Waals surface area contributed by atoms with E-state index in [9.17, 15) is 0 Å². The maximum absolute atomic E-state index is 5.93. The number of nitrogens with one attached hydrogen (secondary N) is 1. The van der Waals surface area contributed by atoms with Gasteiger partial charge in [0.1, 0.15) is 11.1 Å². The Labute approximate surface area is 120 Å². The van der Waals surface area contributed by atoms with Crippen LogP contribution in [0, 0.1) is 11.8 Å². The molecule has 1 aromatic heterocycles. The van der Waals surface area contributed by atoms with E-state index in [2.05, 4.69) is 26.1 Å². The first-order valence-electron chi connectivity index (χ1n) is 7.40. The van der Waals surface area contributed by atoms with Gasteiger partial charge in [-0.15, -0.1) is 11.3 Å². The van der Waals surface area contributed by atoms with Gasteiger partial charge in [0, 0.05) is 18.0 Å². The molecule has 4 heteroatoms. The third-order valence-electron chi connectivity index (χ3n) is 3.37. The Morgan fingerprint density at radius 1 is 1.42 bits per heavy atom. The molecule has 1 unspecified atom stereocenters. The van der Waals surface area contributed by atoms with Gasteiger partial charge in [0.05, 0.1) is 5.69 Å². The summed E-state index contributed by atoms with van der Waals surface area (Å²) in [6, 6.07) is 0. The third-order valence-corrected chi connectivity index (χ3v) is 4.53. The van der Waals surface area contributed by atoms with E-state index in [1.54, 1.807) is 0 Å². The Kier molecular flexibility index (Phi) is 5.37. The van der Waals surface area contributed by atoms with Gasteiger partial charge in [0.15, 0.2) is 0 Å². The lowest BCUT2D eigenvalue weighted by Crippen LogP contribution is -2.07.